The largest absolute Gasteiger partial charge is 0.778 e. The second kappa shape index (κ2) is 8.71. The molecule has 31 heavy (non-hydrogen) atoms. The Labute approximate surface area is 187 Å². The first kappa shape index (κ1) is 22.5. The van der Waals surface area contributed by atoms with Gasteiger partial charge in [0, 0.05) is 10.6 Å². The summed E-state index contributed by atoms with van der Waals surface area (Å²) < 4.78 is 18.1. The highest BCUT2D eigenvalue weighted by Crippen LogP contribution is 2.38. The van der Waals surface area contributed by atoms with Gasteiger partial charge in [-0.2, -0.15) is 4.98 Å². The summed E-state index contributed by atoms with van der Waals surface area (Å²) in [5.41, 5.74) is 3.49. The van der Waals surface area contributed by atoms with Crippen molar-refractivity contribution in [3.63, 3.8) is 0 Å². The van der Waals surface area contributed by atoms with Crippen LogP contribution in [0.3, 0.4) is 0 Å². The van der Waals surface area contributed by atoms with Crippen molar-refractivity contribution in [2.24, 2.45) is 0 Å². The van der Waals surface area contributed by atoms with Crippen molar-refractivity contribution in [1.82, 2.24) is 15.0 Å². The maximum Gasteiger partial charge on any atom is 0.292 e. The molecule has 3 aromatic rings. The third kappa shape index (κ3) is 4.75. The number of nitrogens with zero attached hydrogens (tertiary/aromatic N) is 3. The number of rotatable bonds is 6. The summed E-state index contributed by atoms with van der Waals surface area (Å²) in [4.78, 5) is 45.3. The Kier molecular flexibility index (Phi) is 6.33. The molecule has 12 heteroatoms. The van der Waals surface area contributed by atoms with Crippen LogP contribution in [-0.2, 0) is 15.8 Å². The number of halogens is 1. The van der Waals surface area contributed by atoms with Crippen LogP contribution in [0.1, 0.15) is 23.0 Å². The molecular weight excluding hydrogens is 463 g/mol. The first-order valence-electron chi connectivity index (χ1n) is 9.72. The number of H-pyrrole nitrogens is 1. The minimum absolute atomic E-state index is 0.135. The van der Waals surface area contributed by atoms with Crippen LogP contribution in [0.4, 0.5) is 0 Å². The zero-order valence-electron chi connectivity index (χ0n) is 16.8. The summed E-state index contributed by atoms with van der Waals surface area (Å²) in [5, 5.41) is 0.618. The predicted octanol–water partition coefficient (Wildman–Crippen LogP) is 1.98. The van der Waals surface area contributed by atoms with Gasteiger partial charge in [0.05, 0.1) is 24.8 Å². The van der Waals surface area contributed by atoms with E-state index in [9.17, 15) is 19.1 Å². The number of aromatic nitrogens is 3. The monoisotopic (exact) mass is 484 g/mol. The molecule has 0 radical (unpaired) electrons. The highest BCUT2D eigenvalue weighted by Gasteiger charge is 2.43. The van der Waals surface area contributed by atoms with Gasteiger partial charge in [-0.15, -0.1) is 11.3 Å². The number of quaternary nitrogens is 1. The van der Waals surface area contributed by atoms with E-state index in [4.69, 9.17) is 16.3 Å². The summed E-state index contributed by atoms with van der Waals surface area (Å²) in [6.45, 7) is 3.63. The van der Waals surface area contributed by atoms with Crippen LogP contribution in [0.15, 0.2) is 28.5 Å². The summed E-state index contributed by atoms with van der Waals surface area (Å²) in [7, 11) is -4.49. The zero-order chi connectivity index (χ0) is 22.2. The Morgan fingerprint density at radius 3 is 3.06 bits per heavy atom. The Hall–Kier alpha value is -1.65. The number of morpholine rings is 1. The van der Waals surface area contributed by atoms with E-state index in [1.807, 2.05) is 19.1 Å². The molecule has 1 saturated heterocycles. The van der Waals surface area contributed by atoms with Crippen LogP contribution >= 0.6 is 30.5 Å². The van der Waals surface area contributed by atoms with Crippen LogP contribution in [-0.4, -0.2) is 56.8 Å². The van der Waals surface area contributed by atoms with E-state index in [-0.39, 0.29) is 23.2 Å². The van der Waals surface area contributed by atoms with E-state index >= 15 is 0 Å². The van der Waals surface area contributed by atoms with Crippen molar-refractivity contribution in [2.75, 3.05) is 32.5 Å². The Morgan fingerprint density at radius 1 is 1.48 bits per heavy atom. The fraction of sp³-hybridized carbons (Fsp3) is 0.421. The van der Waals surface area contributed by atoms with Gasteiger partial charge >= 0.3 is 0 Å². The molecule has 4 rings (SSSR count). The average molecular weight is 485 g/mol. The quantitative estimate of drug-likeness (QED) is 0.404. The van der Waals surface area contributed by atoms with Crippen LogP contribution in [0.2, 0.25) is 5.02 Å². The molecule has 9 nitrogen and oxygen atoms in total. The van der Waals surface area contributed by atoms with Crippen molar-refractivity contribution >= 4 is 40.9 Å². The highest BCUT2D eigenvalue weighted by molar-refractivity contribution is 7.50. The number of nitrogens with one attached hydrogen (secondary N) is 1. The Balaban J connectivity index is 1.81. The van der Waals surface area contributed by atoms with Gasteiger partial charge in [0.2, 0.25) is 0 Å². The normalized spacial score (nSPS) is 23.7. The van der Waals surface area contributed by atoms with Gasteiger partial charge in [-0.25, -0.2) is 4.98 Å². The molecule has 0 aliphatic carbocycles. The molecule has 2 N–H and O–H groups in total. The van der Waals surface area contributed by atoms with Gasteiger partial charge < -0.3 is 28.6 Å². The molecule has 0 amide bonds. The van der Waals surface area contributed by atoms with Gasteiger partial charge in [-0.05, 0) is 18.6 Å². The van der Waals surface area contributed by atoms with E-state index in [1.54, 1.807) is 11.6 Å². The topological polar surface area (TPSA) is 128 Å². The first-order valence-corrected chi connectivity index (χ1v) is 12.7. The molecule has 1 aliphatic heterocycles. The Morgan fingerprint density at radius 2 is 2.29 bits per heavy atom. The Bertz CT molecular complexity index is 1210. The van der Waals surface area contributed by atoms with Gasteiger partial charge in [0.25, 0.3) is 5.56 Å². The molecule has 1 fully saturated rings. The minimum atomic E-state index is -4.49. The molecule has 3 heterocycles. The van der Waals surface area contributed by atoms with Crippen LogP contribution in [0.5, 0.6) is 0 Å². The zero-order valence-corrected chi connectivity index (χ0v) is 19.3. The van der Waals surface area contributed by atoms with Crippen molar-refractivity contribution in [2.45, 2.75) is 19.5 Å². The van der Waals surface area contributed by atoms with Crippen molar-refractivity contribution in [3.05, 3.63) is 56.0 Å². The molecule has 2 aromatic heterocycles. The fourth-order valence-electron chi connectivity index (χ4n) is 4.07. The number of aromatic amines is 1. The van der Waals surface area contributed by atoms with Crippen LogP contribution < -0.4 is 10.5 Å². The molecule has 0 saturated carbocycles. The van der Waals surface area contributed by atoms with Gasteiger partial charge in [-0.1, -0.05) is 23.7 Å². The summed E-state index contributed by atoms with van der Waals surface area (Å²) >= 11 is 7.53. The van der Waals surface area contributed by atoms with Gasteiger partial charge in [0.15, 0.2) is 17.5 Å². The number of fused-ring (bicyclic) bond motifs is 1. The maximum absolute atomic E-state index is 12.5. The van der Waals surface area contributed by atoms with Gasteiger partial charge in [0.1, 0.15) is 32.0 Å². The third-order valence-corrected chi connectivity index (χ3v) is 7.85. The molecule has 0 bridgehead atoms. The average Bonchev–Trinajstić information content (AvgIpc) is 3.19. The van der Waals surface area contributed by atoms with E-state index in [1.165, 1.54) is 11.3 Å². The molecule has 0 spiro atoms. The van der Waals surface area contributed by atoms with Crippen LogP contribution in [0.25, 0.3) is 10.3 Å². The fourth-order valence-corrected chi connectivity index (χ4v) is 5.54. The van der Waals surface area contributed by atoms with E-state index in [2.05, 4.69) is 15.0 Å². The molecule has 1 aromatic carbocycles. The molecule has 3 unspecified atom stereocenters. The number of thiazole rings is 1. The number of benzene rings is 1. The van der Waals surface area contributed by atoms with Crippen molar-refractivity contribution < 1.29 is 23.6 Å². The SMILES string of the molecule is Cc1c(Cl)cccc1C[N+]1(CCP(=O)([O-])O)CCOCC1c1nc(=O)c2scnc2[nH]1. The molecule has 3 atom stereocenters. The molecule has 166 valence electrons. The first-order chi connectivity index (χ1) is 14.7. The maximum atomic E-state index is 12.5. The highest BCUT2D eigenvalue weighted by atomic mass is 35.5. The lowest BCUT2D eigenvalue weighted by atomic mass is 10.0. The number of hydrogen-bond acceptors (Lipinski definition) is 7. The number of ether oxygens (including phenoxy) is 1. The summed E-state index contributed by atoms with van der Waals surface area (Å²) in [6.07, 6.45) is -0.397. The van der Waals surface area contributed by atoms with Crippen LogP contribution in [0, 0.1) is 6.92 Å². The number of hydrogen-bond donors (Lipinski definition) is 2. The minimum Gasteiger partial charge on any atom is -0.778 e. The lowest BCUT2D eigenvalue weighted by Gasteiger charge is -2.47. The van der Waals surface area contributed by atoms with Crippen molar-refractivity contribution in [1.29, 1.82) is 0 Å². The van der Waals surface area contributed by atoms with E-state index in [0.717, 1.165) is 11.1 Å². The predicted molar refractivity (Wildman–Crippen MR) is 116 cm³/mol. The second-order valence-corrected chi connectivity index (χ2v) is 10.7. The van der Waals surface area contributed by atoms with Gasteiger partial charge in [-0.3, -0.25) is 4.79 Å². The smallest absolute Gasteiger partial charge is 0.292 e. The lowest BCUT2D eigenvalue weighted by molar-refractivity contribution is -0.975. The summed E-state index contributed by atoms with van der Waals surface area (Å²) in [6, 6.07) is 5.15. The van der Waals surface area contributed by atoms with E-state index < -0.39 is 19.8 Å². The van der Waals surface area contributed by atoms with Crippen molar-refractivity contribution in [3.8, 4) is 0 Å². The second-order valence-electron chi connectivity index (χ2n) is 7.76. The standard InChI is InChI=1S/C19H22ClN4O5PS/c1-12-13(3-2-4-14(12)20)9-24(6-8-30(26,27)28)5-7-29-10-15(24)17-22-18-16(19(25)23-17)31-11-21-18/h2-4,11,15H,5-10H2,1H3,(H2-,22,23,25,26,27,28). The lowest BCUT2D eigenvalue weighted by Crippen LogP contribution is -2.58. The van der Waals surface area contributed by atoms with E-state index in [0.29, 0.717) is 40.9 Å². The summed E-state index contributed by atoms with van der Waals surface area (Å²) in [5.74, 6) is 0.390. The molecule has 1 aliphatic rings. The molecular formula is C19H22ClN4O5PS. The third-order valence-electron chi connectivity index (χ3n) is 5.86.